The molecule has 1 aromatic heterocycles. The summed E-state index contributed by atoms with van der Waals surface area (Å²) in [5.41, 5.74) is 1.47. The third kappa shape index (κ3) is 5.96. The van der Waals surface area contributed by atoms with Crippen LogP contribution in [-0.2, 0) is 7.05 Å². The highest BCUT2D eigenvalue weighted by Crippen LogP contribution is 2.43. The average Bonchev–Trinajstić information content (AvgIpc) is 3.02. The highest BCUT2D eigenvalue weighted by atomic mass is 28.4. The zero-order chi connectivity index (χ0) is 20.3. The van der Waals surface area contributed by atoms with Crippen molar-refractivity contribution in [2.75, 3.05) is 4.23 Å². The molecule has 0 amide bonds. The number of rotatable bonds is 15. The van der Waals surface area contributed by atoms with Crippen molar-refractivity contribution in [3.63, 3.8) is 0 Å². The lowest BCUT2D eigenvalue weighted by Gasteiger charge is -2.55. The number of aromatic nitrogens is 2. The van der Waals surface area contributed by atoms with Crippen molar-refractivity contribution in [3.8, 4) is 0 Å². The lowest BCUT2D eigenvalue weighted by molar-refractivity contribution is 0.767. The summed E-state index contributed by atoms with van der Waals surface area (Å²) >= 11 is 0. The fourth-order valence-electron chi connectivity index (χ4n) is 5.79. The first-order valence-electron chi connectivity index (χ1n) is 11.8. The SMILES string of the molecule is CCC[Si](CCC)(CCC)N(c1cnn(C)c1)[Si](CCC)(CCC)CCC. The van der Waals surface area contributed by atoms with E-state index in [1.165, 1.54) is 80.5 Å². The smallest absolute Gasteiger partial charge is 0.147 e. The maximum absolute atomic E-state index is 4.64. The molecule has 0 spiro atoms. The molecule has 1 rings (SSSR count). The van der Waals surface area contributed by atoms with Crippen LogP contribution in [0.25, 0.3) is 0 Å². The summed E-state index contributed by atoms with van der Waals surface area (Å²) in [7, 11) is -1.03. The van der Waals surface area contributed by atoms with Crippen LogP contribution in [0, 0.1) is 0 Å². The van der Waals surface area contributed by atoms with Crippen molar-refractivity contribution in [3.05, 3.63) is 12.4 Å². The Morgan fingerprint density at radius 3 is 1.26 bits per heavy atom. The molecule has 3 nitrogen and oxygen atoms in total. The van der Waals surface area contributed by atoms with Crippen molar-refractivity contribution >= 4 is 22.2 Å². The molecule has 0 saturated heterocycles. The van der Waals surface area contributed by atoms with E-state index in [1.807, 2.05) is 4.68 Å². The Morgan fingerprint density at radius 1 is 0.704 bits per heavy atom. The molecule has 0 atom stereocenters. The highest BCUT2D eigenvalue weighted by molar-refractivity contribution is 7.02. The van der Waals surface area contributed by atoms with Crippen molar-refractivity contribution in [2.45, 2.75) is 116 Å². The van der Waals surface area contributed by atoms with Gasteiger partial charge in [0.05, 0.1) is 11.9 Å². The van der Waals surface area contributed by atoms with E-state index in [0.717, 1.165) is 0 Å². The van der Waals surface area contributed by atoms with Gasteiger partial charge in [-0.3, -0.25) is 4.68 Å². The summed E-state index contributed by atoms with van der Waals surface area (Å²) in [4.78, 5) is 0. The minimum Gasteiger partial charge on any atom is -0.421 e. The van der Waals surface area contributed by atoms with E-state index in [-0.39, 0.29) is 0 Å². The zero-order valence-electron chi connectivity index (χ0n) is 19.5. The molecule has 27 heavy (non-hydrogen) atoms. The summed E-state index contributed by atoms with van der Waals surface area (Å²) in [6, 6.07) is 8.72. The van der Waals surface area contributed by atoms with E-state index in [0.29, 0.717) is 0 Å². The van der Waals surface area contributed by atoms with Crippen LogP contribution in [0.3, 0.4) is 0 Å². The average molecular weight is 410 g/mol. The summed E-state index contributed by atoms with van der Waals surface area (Å²) in [5, 5.41) is 4.64. The van der Waals surface area contributed by atoms with Crippen LogP contribution in [0.4, 0.5) is 5.69 Å². The van der Waals surface area contributed by atoms with Gasteiger partial charge >= 0.3 is 0 Å². The minimum absolute atomic E-state index is 1.33. The normalized spacial score (nSPS) is 12.6. The quantitative estimate of drug-likeness (QED) is 0.278. The van der Waals surface area contributed by atoms with E-state index in [1.54, 1.807) is 0 Å². The first-order valence-corrected chi connectivity index (χ1v) is 16.9. The van der Waals surface area contributed by atoms with Crippen LogP contribution in [0.5, 0.6) is 0 Å². The molecule has 5 heteroatoms. The van der Waals surface area contributed by atoms with Crippen LogP contribution in [0.2, 0.25) is 36.3 Å². The first-order chi connectivity index (χ1) is 13.0. The topological polar surface area (TPSA) is 21.1 Å². The van der Waals surface area contributed by atoms with Crippen LogP contribution in [0.15, 0.2) is 12.4 Å². The van der Waals surface area contributed by atoms with E-state index >= 15 is 0 Å². The molecule has 0 aliphatic rings. The Bertz CT molecular complexity index is 455. The van der Waals surface area contributed by atoms with Crippen molar-refractivity contribution in [1.29, 1.82) is 0 Å². The Labute approximate surface area is 172 Å². The largest absolute Gasteiger partial charge is 0.421 e. The second-order valence-corrected chi connectivity index (χ2v) is 17.9. The summed E-state index contributed by atoms with van der Waals surface area (Å²) in [5.74, 6) is 0. The molecule has 0 N–H and O–H groups in total. The fourth-order valence-corrected chi connectivity index (χ4v) is 21.6. The van der Waals surface area contributed by atoms with Gasteiger partial charge in [-0.2, -0.15) is 5.10 Å². The summed E-state index contributed by atoms with van der Waals surface area (Å²) in [6.45, 7) is 14.5. The van der Waals surface area contributed by atoms with Gasteiger partial charge in [-0.1, -0.05) is 80.1 Å². The fraction of sp³-hybridized carbons (Fsp3) is 0.864. The molecule has 0 unspecified atom stereocenters. The van der Waals surface area contributed by atoms with Gasteiger partial charge in [-0.15, -0.1) is 0 Å². The predicted molar refractivity (Wildman–Crippen MR) is 128 cm³/mol. The number of nitrogens with zero attached hydrogens (tertiary/aromatic N) is 3. The van der Waals surface area contributed by atoms with Crippen LogP contribution >= 0.6 is 0 Å². The lowest BCUT2D eigenvalue weighted by Crippen LogP contribution is -2.67. The third-order valence-corrected chi connectivity index (χ3v) is 20.0. The second-order valence-electron chi connectivity index (χ2n) is 8.66. The van der Waals surface area contributed by atoms with Crippen molar-refractivity contribution < 1.29 is 0 Å². The molecule has 0 aliphatic heterocycles. The van der Waals surface area contributed by atoms with Crippen LogP contribution in [-0.4, -0.2) is 26.3 Å². The molecule has 0 fully saturated rings. The predicted octanol–water partition coefficient (Wildman–Crippen LogP) is 7.58. The Kier molecular flexibility index (Phi) is 11.0. The monoisotopic (exact) mass is 409 g/mol. The van der Waals surface area contributed by atoms with Gasteiger partial charge in [-0.25, -0.2) is 0 Å². The second kappa shape index (κ2) is 12.1. The van der Waals surface area contributed by atoms with Gasteiger partial charge in [0, 0.05) is 13.2 Å². The minimum atomic E-state index is -1.56. The first kappa shape index (κ1) is 24.5. The number of anilines is 1. The number of aryl methyl sites for hydroxylation is 1. The van der Waals surface area contributed by atoms with Gasteiger partial charge in [0.1, 0.15) is 16.5 Å². The van der Waals surface area contributed by atoms with Gasteiger partial charge in [-0.05, 0) is 36.3 Å². The van der Waals surface area contributed by atoms with E-state index in [4.69, 9.17) is 0 Å². The molecular formula is C22H47N3Si2. The molecule has 0 aromatic carbocycles. The highest BCUT2D eigenvalue weighted by Gasteiger charge is 2.49. The summed E-state index contributed by atoms with van der Waals surface area (Å²) in [6.07, 6.45) is 12.5. The molecule has 0 saturated carbocycles. The van der Waals surface area contributed by atoms with Gasteiger partial charge < -0.3 is 4.23 Å². The molecular weight excluding hydrogens is 362 g/mol. The van der Waals surface area contributed by atoms with Crippen molar-refractivity contribution in [2.24, 2.45) is 7.05 Å². The maximum atomic E-state index is 4.64. The van der Waals surface area contributed by atoms with Gasteiger partial charge in [0.2, 0.25) is 0 Å². The molecule has 0 radical (unpaired) electrons. The van der Waals surface area contributed by atoms with E-state index < -0.39 is 16.5 Å². The van der Waals surface area contributed by atoms with E-state index in [9.17, 15) is 0 Å². The van der Waals surface area contributed by atoms with Crippen LogP contribution < -0.4 is 4.23 Å². The third-order valence-electron chi connectivity index (χ3n) is 6.19. The Balaban J connectivity index is 3.67. The maximum Gasteiger partial charge on any atom is 0.147 e. The Morgan fingerprint density at radius 2 is 1.04 bits per heavy atom. The van der Waals surface area contributed by atoms with E-state index in [2.05, 4.69) is 70.3 Å². The molecule has 0 aliphatic carbocycles. The molecule has 1 heterocycles. The lowest BCUT2D eigenvalue weighted by atomic mass is 10.5. The standard InChI is InChI=1S/C22H47N3Si2/c1-8-14-26(15-9-2,16-10-3)25(22-20-23-24(7)21-22)27(17-11-4,18-12-5)19-13-6/h20-21H,8-19H2,1-7H3. The molecule has 1 aromatic rings. The number of hydrogen-bond donors (Lipinski definition) is 0. The molecule has 0 bridgehead atoms. The zero-order valence-corrected chi connectivity index (χ0v) is 21.5. The van der Waals surface area contributed by atoms with Crippen molar-refractivity contribution in [1.82, 2.24) is 9.78 Å². The number of hydrogen-bond acceptors (Lipinski definition) is 2. The van der Waals surface area contributed by atoms with Gasteiger partial charge in [0.25, 0.3) is 0 Å². The van der Waals surface area contributed by atoms with Crippen LogP contribution in [0.1, 0.15) is 80.1 Å². The Hall–Kier alpha value is -0.556. The van der Waals surface area contributed by atoms with Gasteiger partial charge in [0.15, 0.2) is 0 Å². The summed E-state index contributed by atoms with van der Waals surface area (Å²) < 4.78 is 5.23. The molecule has 158 valence electrons.